The first-order valence-corrected chi connectivity index (χ1v) is 5.81. The first-order valence-electron chi connectivity index (χ1n) is 5.81. The highest BCUT2D eigenvalue weighted by molar-refractivity contribution is 5.97. The minimum absolute atomic E-state index is 0.183. The van der Waals surface area contributed by atoms with Crippen LogP contribution in [0.1, 0.15) is 15.9 Å². The topological polar surface area (TPSA) is 40.5 Å². The number of aliphatic hydroxyl groups is 1. The second-order valence-electron chi connectivity index (χ2n) is 4.34. The predicted octanol–water partition coefficient (Wildman–Crippen LogP) is 2.03. The minimum Gasteiger partial charge on any atom is -0.395 e. The van der Waals surface area contributed by atoms with Gasteiger partial charge in [0.2, 0.25) is 0 Å². The number of hydrogen-bond donors (Lipinski definition) is 1. The predicted molar refractivity (Wildman–Crippen MR) is 65.1 cm³/mol. The number of aryl methyl sites for hydroxylation is 1. The van der Waals surface area contributed by atoms with Gasteiger partial charge in [0, 0.05) is 12.1 Å². The highest BCUT2D eigenvalue weighted by Gasteiger charge is 2.31. The van der Waals surface area contributed by atoms with Gasteiger partial charge in [0.1, 0.15) is 0 Å². The number of nitrogens with zero attached hydrogens (tertiary/aromatic N) is 1. The molecule has 0 fully saturated rings. The summed E-state index contributed by atoms with van der Waals surface area (Å²) in [6, 6.07) is 6.63. The summed E-state index contributed by atoms with van der Waals surface area (Å²) >= 11 is 0. The van der Waals surface area contributed by atoms with Crippen LogP contribution < -0.4 is 0 Å². The van der Waals surface area contributed by atoms with Crippen molar-refractivity contribution in [2.75, 3.05) is 26.2 Å². The summed E-state index contributed by atoms with van der Waals surface area (Å²) in [5.41, 5.74) is 1.34. The van der Waals surface area contributed by atoms with Gasteiger partial charge in [-0.05, 0) is 6.92 Å². The van der Waals surface area contributed by atoms with E-state index in [4.69, 9.17) is 5.11 Å². The fourth-order valence-electron chi connectivity index (χ4n) is 1.64. The number of rotatable bonds is 6. The zero-order valence-corrected chi connectivity index (χ0v) is 10.6. The SMILES string of the molecule is Cc1ccc(C(=O)CN(CCO)CC(F)(F)F)cc1. The van der Waals surface area contributed by atoms with E-state index in [1.54, 1.807) is 24.3 Å². The van der Waals surface area contributed by atoms with Crippen LogP contribution in [0.15, 0.2) is 24.3 Å². The van der Waals surface area contributed by atoms with Crippen molar-refractivity contribution in [3.05, 3.63) is 35.4 Å². The molecule has 6 heteroatoms. The second-order valence-corrected chi connectivity index (χ2v) is 4.34. The molecule has 0 aliphatic heterocycles. The first kappa shape index (κ1) is 15.7. The maximum absolute atomic E-state index is 12.3. The molecule has 0 amide bonds. The van der Waals surface area contributed by atoms with E-state index in [0.717, 1.165) is 10.5 Å². The molecule has 106 valence electrons. The maximum Gasteiger partial charge on any atom is 0.401 e. The number of ketones is 1. The van der Waals surface area contributed by atoms with Crippen molar-refractivity contribution >= 4 is 5.78 Å². The molecule has 0 aliphatic rings. The van der Waals surface area contributed by atoms with Crippen molar-refractivity contribution in [3.63, 3.8) is 0 Å². The molecule has 1 rings (SSSR count). The molecule has 0 unspecified atom stereocenters. The summed E-state index contributed by atoms with van der Waals surface area (Å²) in [5, 5.41) is 8.73. The monoisotopic (exact) mass is 275 g/mol. The Balaban J connectivity index is 2.68. The van der Waals surface area contributed by atoms with Gasteiger partial charge in [-0.1, -0.05) is 29.8 Å². The highest BCUT2D eigenvalue weighted by atomic mass is 19.4. The quantitative estimate of drug-likeness (QED) is 0.808. The summed E-state index contributed by atoms with van der Waals surface area (Å²) in [7, 11) is 0. The number of hydrogen-bond acceptors (Lipinski definition) is 3. The Morgan fingerprint density at radius 1 is 1.26 bits per heavy atom. The maximum atomic E-state index is 12.3. The third-order valence-electron chi connectivity index (χ3n) is 2.56. The van der Waals surface area contributed by atoms with E-state index in [0.29, 0.717) is 5.56 Å². The largest absolute Gasteiger partial charge is 0.401 e. The molecule has 0 saturated heterocycles. The van der Waals surface area contributed by atoms with Gasteiger partial charge in [-0.2, -0.15) is 13.2 Å². The lowest BCUT2D eigenvalue weighted by atomic mass is 10.1. The Hall–Kier alpha value is -1.40. The minimum atomic E-state index is -4.39. The lowest BCUT2D eigenvalue weighted by Crippen LogP contribution is -2.39. The molecule has 0 atom stereocenters. The molecular formula is C13H16F3NO2. The summed E-state index contributed by atoms with van der Waals surface area (Å²) < 4.78 is 36.9. The summed E-state index contributed by atoms with van der Waals surface area (Å²) in [5.74, 6) is -0.391. The Morgan fingerprint density at radius 2 is 1.84 bits per heavy atom. The van der Waals surface area contributed by atoms with Crippen molar-refractivity contribution in [2.45, 2.75) is 13.1 Å². The van der Waals surface area contributed by atoms with Crippen molar-refractivity contribution in [2.24, 2.45) is 0 Å². The molecule has 0 heterocycles. The lowest BCUT2D eigenvalue weighted by molar-refractivity contribution is -0.145. The van der Waals surface area contributed by atoms with E-state index in [1.807, 2.05) is 6.92 Å². The zero-order chi connectivity index (χ0) is 14.5. The molecule has 3 nitrogen and oxygen atoms in total. The van der Waals surface area contributed by atoms with Crippen LogP contribution in [0, 0.1) is 6.92 Å². The average molecular weight is 275 g/mol. The van der Waals surface area contributed by atoms with Gasteiger partial charge in [0.15, 0.2) is 5.78 Å². The molecular weight excluding hydrogens is 259 g/mol. The van der Waals surface area contributed by atoms with Gasteiger partial charge in [-0.15, -0.1) is 0 Å². The van der Waals surface area contributed by atoms with E-state index in [-0.39, 0.29) is 13.1 Å². The van der Waals surface area contributed by atoms with Crippen LogP contribution in [0.5, 0.6) is 0 Å². The third kappa shape index (κ3) is 5.85. The fourth-order valence-corrected chi connectivity index (χ4v) is 1.64. The van der Waals surface area contributed by atoms with Crippen LogP contribution >= 0.6 is 0 Å². The molecule has 0 bridgehead atoms. The number of carbonyl (C=O) groups excluding carboxylic acids is 1. The molecule has 0 aliphatic carbocycles. The Labute approximate surface area is 109 Å². The van der Waals surface area contributed by atoms with Crippen molar-refractivity contribution in [3.8, 4) is 0 Å². The van der Waals surface area contributed by atoms with Crippen LogP contribution in [0.3, 0.4) is 0 Å². The zero-order valence-electron chi connectivity index (χ0n) is 10.6. The van der Waals surface area contributed by atoms with Crippen LogP contribution in [0.2, 0.25) is 0 Å². The number of aliphatic hydroxyl groups excluding tert-OH is 1. The van der Waals surface area contributed by atoms with Crippen LogP contribution in [0.4, 0.5) is 13.2 Å². The summed E-state index contributed by atoms with van der Waals surface area (Å²) in [6.07, 6.45) is -4.39. The number of halogens is 3. The number of carbonyl (C=O) groups is 1. The first-order chi connectivity index (χ1) is 8.81. The average Bonchev–Trinajstić information content (AvgIpc) is 2.27. The fraction of sp³-hybridized carbons (Fsp3) is 0.462. The van der Waals surface area contributed by atoms with E-state index >= 15 is 0 Å². The van der Waals surface area contributed by atoms with Crippen molar-refractivity contribution in [1.29, 1.82) is 0 Å². The van der Waals surface area contributed by atoms with Crippen molar-refractivity contribution in [1.82, 2.24) is 4.90 Å². The van der Waals surface area contributed by atoms with Crippen molar-refractivity contribution < 1.29 is 23.1 Å². The summed E-state index contributed by atoms with van der Waals surface area (Å²) in [4.78, 5) is 12.7. The van der Waals surface area contributed by atoms with Crippen LogP contribution in [-0.2, 0) is 0 Å². The van der Waals surface area contributed by atoms with Gasteiger partial charge < -0.3 is 5.11 Å². The van der Waals surface area contributed by atoms with E-state index in [2.05, 4.69) is 0 Å². The van der Waals surface area contributed by atoms with Gasteiger partial charge in [0.25, 0.3) is 0 Å². The Morgan fingerprint density at radius 3 is 2.32 bits per heavy atom. The van der Waals surface area contributed by atoms with Crippen LogP contribution in [-0.4, -0.2) is 48.2 Å². The van der Waals surface area contributed by atoms with Gasteiger partial charge in [-0.25, -0.2) is 0 Å². The molecule has 0 aromatic heterocycles. The van der Waals surface area contributed by atoms with Crippen LogP contribution in [0.25, 0.3) is 0 Å². The highest BCUT2D eigenvalue weighted by Crippen LogP contribution is 2.16. The number of alkyl halides is 3. The Kier molecular flexibility index (Phi) is 5.50. The van der Waals surface area contributed by atoms with Gasteiger partial charge >= 0.3 is 6.18 Å². The smallest absolute Gasteiger partial charge is 0.395 e. The molecule has 1 aromatic rings. The van der Waals surface area contributed by atoms with E-state index < -0.39 is 25.1 Å². The van der Waals surface area contributed by atoms with Gasteiger partial charge in [0.05, 0.1) is 19.7 Å². The lowest BCUT2D eigenvalue weighted by Gasteiger charge is -2.21. The molecule has 0 radical (unpaired) electrons. The molecule has 0 spiro atoms. The molecule has 0 saturated carbocycles. The van der Waals surface area contributed by atoms with Gasteiger partial charge in [-0.3, -0.25) is 9.69 Å². The normalized spacial score (nSPS) is 11.9. The summed E-state index contributed by atoms with van der Waals surface area (Å²) in [6.45, 7) is -0.307. The molecule has 1 N–H and O–H groups in total. The molecule has 19 heavy (non-hydrogen) atoms. The number of Topliss-reactive ketones (excluding diaryl/α,β-unsaturated/α-hetero) is 1. The number of benzene rings is 1. The standard InChI is InChI=1S/C13H16F3NO2/c1-10-2-4-11(5-3-10)12(19)8-17(6-7-18)9-13(14,15)16/h2-5,18H,6-9H2,1H3. The van der Waals surface area contributed by atoms with E-state index in [1.165, 1.54) is 0 Å². The second kappa shape index (κ2) is 6.68. The molecule has 1 aromatic carbocycles. The third-order valence-corrected chi connectivity index (χ3v) is 2.56. The van der Waals surface area contributed by atoms with E-state index in [9.17, 15) is 18.0 Å². The Bertz CT molecular complexity index is 415.